The Hall–Kier alpha value is -3.88. The first kappa shape index (κ1) is 20.0. The average Bonchev–Trinajstić information content (AvgIpc) is 3.32. The predicted octanol–water partition coefficient (Wildman–Crippen LogP) is 1.98. The molecule has 0 bridgehead atoms. The van der Waals surface area contributed by atoms with Gasteiger partial charge in [0.2, 0.25) is 11.8 Å². The standard InChI is InChI=1S/C23H22N4O5/c28-19(24-15-7-9-16(10-8-15)26-12-3-6-20(26)29)14-27-21(30)23(25-22(27)31)11-13-32-18-5-2-1-4-17(18)23/h1-2,4-5,7-10H,3,6,11-14H2,(H,24,28)(H,25,31). The van der Waals surface area contributed by atoms with E-state index < -0.39 is 29.9 Å². The number of nitrogens with zero attached hydrogens (tertiary/aromatic N) is 2. The van der Waals surface area contributed by atoms with E-state index in [-0.39, 0.29) is 12.5 Å². The summed E-state index contributed by atoms with van der Waals surface area (Å²) in [7, 11) is 0. The Bertz CT molecular complexity index is 1120. The Kier molecular flexibility index (Phi) is 4.80. The maximum Gasteiger partial charge on any atom is 0.325 e. The number of para-hydroxylation sites is 1. The number of hydrogen-bond acceptors (Lipinski definition) is 5. The third-order valence-electron chi connectivity index (χ3n) is 6.10. The molecule has 0 saturated carbocycles. The van der Waals surface area contributed by atoms with Gasteiger partial charge in [-0.1, -0.05) is 18.2 Å². The van der Waals surface area contributed by atoms with Gasteiger partial charge in [-0.25, -0.2) is 4.79 Å². The molecule has 32 heavy (non-hydrogen) atoms. The number of hydrogen-bond donors (Lipinski definition) is 2. The summed E-state index contributed by atoms with van der Waals surface area (Å²) >= 11 is 0. The van der Waals surface area contributed by atoms with Crippen LogP contribution in [0.2, 0.25) is 0 Å². The van der Waals surface area contributed by atoms with Gasteiger partial charge in [-0.2, -0.15) is 0 Å². The highest BCUT2D eigenvalue weighted by atomic mass is 16.5. The van der Waals surface area contributed by atoms with Crippen molar-refractivity contribution in [2.45, 2.75) is 24.8 Å². The molecule has 1 spiro atoms. The zero-order valence-electron chi connectivity index (χ0n) is 17.3. The molecule has 0 aliphatic carbocycles. The number of fused-ring (bicyclic) bond motifs is 2. The minimum absolute atomic E-state index is 0.0870. The van der Waals surface area contributed by atoms with Crippen molar-refractivity contribution >= 4 is 35.1 Å². The quantitative estimate of drug-likeness (QED) is 0.716. The van der Waals surface area contributed by atoms with Crippen LogP contribution in [0.1, 0.15) is 24.8 Å². The van der Waals surface area contributed by atoms with Gasteiger partial charge in [-0.05, 0) is 36.8 Å². The fourth-order valence-electron chi connectivity index (χ4n) is 4.51. The molecule has 3 aliphatic heterocycles. The molecule has 2 N–H and O–H groups in total. The predicted molar refractivity (Wildman–Crippen MR) is 115 cm³/mol. The number of benzene rings is 2. The average molecular weight is 434 g/mol. The van der Waals surface area contributed by atoms with E-state index in [4.69, 9.17) is 4.74 Å². The smallest absolute Gasteiger partial charge is 0.325 e. The van der Waals surface area contributed by atoms with Gasteiger partial charge in [0.05, 0.1) is 6.61 Å². The lowest BCUT2D eigenvalue weighted by Gasteiger charge is -2.33. The van der Waals surface area contributed by atoms with Crippen LogP contribution < -0.4 is 20.3 Å². The molecule has 0 radical (unpaired) electrons. The van der Waals surface area contributed by atoms with Crippen LogP contribution in [0.3, 0.4) is 0 Å². The number of amides is 5. The van der Waals surface area contributed by atoms with E-state index >= 15 is 0 Å². The SMILES string of the molecule is O=C(CN1C(=O)NC2(CCOc3ccccc32)C1=O)Nc1ccc(N2CCCC2=O)cc1. The highest BCUT2D eigenvalue weighted by Crippen LogP contribution is 2.40. The van der Waals surface area contributed by atoms with Crippen molar-refractivity contribution in [2.75, 3.05) is 29.9 Å². The Labute approximate surface area is 184 Å². The number of imide groups is 1. The molecule has 2 fully saturated rings. The minimum Gasteiger partial charge on any atom is -0.493 e. The molecule has 9 heteroatoms. The number of nitrogens with one attached hydrogen (secondary N) is 2. The maximum atomic E-state index is 13.2. The molecule has 0 aromatic heterocycles. The van der Waals surface area contributed by atoms with Crippen molar-refractivity contribution < 1.29 is 23.9 Å². The molecule has 5 amide bonds. The van der Waals surface area contributed by atoms with Crippen LogP contribution in [0.5, 0.6) is 5.75 Å². The van der Waals surface area contributed by atoms with Crippen LogP contribution in [0.4, 0.5) is 16.2 Å². The van der Waals surface area contributed by atoms with Crippen LogP contribution in [-0.4, -0.2) is 48.3 Å². The Morgan fingerprint density at radius 1 is 1.09 bits per heavy atom. The molecule has 3 aliphatic rings. The van der Waals surface area contributed by atoms with Gasteiger partial charge in [0.15, 0.2) is 5.54 Å². The van der Waals surface area contributed by atoms with Crippen molar-refractivity contribution in [3.05, 3.63) is 54.1 Å². The number of rotatable bonds is 4. The van der Waals surface area contributed by atoms with Crippen molar-refractivity contribution in [1.29, 1.82) is 0 Å². The van der Waals surface area contributed by atoms with Gasteiger partial charge in [0, 0.05) is 36.3 Å². The van der Waals surface area contributed by atoms with Gasteiger partial charge in [-0.3, -0.25) is 19.3 Å². The zero-order chi connectivity index (χ0) is 22.3. The molecule has 2 saturated heterocycles. The Morgan fingerprint density at radius 2 is 1.88 bits per heavy atom. The number of ether oxygens (including phenoxy) is 1. The van der Waals surface area contributed by atoms with Crippen LogP contribution in [0, 0.1) is 0 Å². The van der Waals surface area contributed by atoms with Gasteiger partial charge < -0.3 is 20.3 Å². The summed E-state index contributed by atoms with van der Waals surface area (Å²) < 4.78 is 5.62. The van der Waals surface area contributed by atoms with Crippen molar-refractivity contribution in [1.82, 2.24) is 10.2 Å². The first-order chi connectivity index (χ1) is 15.5. The molecule has 9 nitrogen and oxygen atoms in total. The number of carbonyl (C=O) groups excluding carboxylic acids is 4. The molecular formula is C23H22N4O5. The van der Waals surface area contributed by atoms with E-state index in [1.54, 1.807) is 53.4 Å². The first-order valence-corrected chi connectivity index (χ1v) is 10.5. The number of anilines is 2. The molecule has 1 unspecified atom stereocenters. The summed E-state index contributed by atoms with van der Waals surface area (Å²) in [5, 5.41) is 5.49. The largest absolute Gasteiger partial charge is 0.493 e. The topological polar surface area (TPSA) is 108 Å². The summed E-state index contributed by atoms with van der Waals surface area (Å²) in [6, 6.07) is 13.4. The third-order valence-corrected chi connectivity index (χ3v) is 6.10. The van der Waals surface area contributed by atoms with Gasteiger partial charge in [0.1, 0.15) is 12.3 Å². The van der Waals surface area contributed by atoms with E-state index in [1.165, 1.54) is 0 Å². The van der Waals surface area contributed by atoms with E-state index in [9.17, 15) is 19.2 Å². The van der Waals surface area contributed by atoms with E-state index in [1.807, 2.05) is 0 Å². The second kappa shape index (κ2) is 7.67. The molecule has 2 aromatic carbocycles. The highest BCUT2D eigenvalue weighted by Gasteiger charge is 2.55. The normalized spacial score (nSPS) is 22.1. The van der Waals surface area contributed by atoms with Crippen LogP contribution >= 0.6 is 0 Å². The van der Waals surface area contributed by atoms with Gasteiger partial charge >= 0.3 is 6.03 Å². The molecule has 164 valence electrons. The summed E-state index contributed by atoms with van der Waals surface area (Å²) in [4.78, 5) is 53.0. The molecule has 2 aromatic rings. The van der Waals surface area contributed by atoms with Crippen LogP contribution in [0.25, 0.3) is 0 Å². The van der Waals surface area contributed by atoms with Crippen molar-refractivity contribution in [3.63, 3.8) is 0 Å². The second-order valence-corrected chi connectivity index (χ2v) is 8.07. The lowest BCUT2D eigenvalue weighted by Crippen LogP contribution is -2.48. The Morgan fingerprint density at radius 3 is 2.62 bits per heavy atom. The number of urea groups is 1. The first-order valence-electron chi connectivity index (χ1n) is 10.5. The highest BCUT2D eigenvalue weighted by molar-refractivity contribution is 6.10. The molecular weight excluding hydrogens is 412 g/mol. The van der Waals surface area contributed by atoms with Gasteiger partial charge in [-0.15, -0.1) is 0 Å². The summed E-state index contributed by atoms with van der Waals surface area (Å²) in [6.45, 7) is 0.573. The second-order valence-electron chi connectivity index (χ2n) is 8.07. The summed E-state index contributed by atoms with van der Waals surface area (Å²) in [5.74, 6) is -0.313. The molecule has 5 rings (SSSR count). The zero-order valence-corrected chi connectivity index (χ0v) is 17.3. The number of carbonyl (C=O) groups is 4. The monoisotopic (exact) mass is 434 g/mol. The lowest BCUT2D eigenvalue weighted by molar-refractivity contribution is -0.135. The van der Waals surface area contributed by atoms with E-state index in [0.29, 0.717) is 36.4 Å². The summed E-state index contributed by atoms with van der Waals surface area (Å²) in [5.41, 5.74) is 0.679. The van der Waals surface area contributed by atoms with Crippen LogP contribution in [0.15, 0.2) is 48.5 Å². The van der Waals surface area contributed by atoms with E-state index in [2.05, 4.69) is 10.6 Å². The van der Waals surface area contributed by atoms with Crippen LogP contribution in [-0.2, 0) is 19.9 Å². The van der Waals surface area contributed by atoms with Crippen molar-refractivity contribution in [3.8, 4) is 5.75 Å². The fraction of sp³-hybridized carbons (Fsp3) is 0.304. The van der Waals surface area contributed by atoms with Crippen molar-refractivity contribution in [2.24, 2.45) is 0 Å². The molecule has 3 heterocycles. The van der Waals surface area contributed by atoms with E-state index in [0.717, 1.165) is 17.0 Å². The minimum atomic E-state index is -1.21. The summed E-state index contributed by atoms with van der Waals surface area (Å²) in [6.07, 6.45) is 1.67. The molecule has 1 atom stereocenters. The Balaban J connectivity index is 1.28. The third kappa shape index (κ3) is 3.26. The van der Waals surface area contributed by atoms with Gasteiger partial charge in [0.25, 0.3) is 5.91 Å². The fourth-order valence-corrected chi connectivity index (χ4v) is 4.51. The lowest BCUT2D eigenvalue weighted by atomic mass is 9.84. The maximum absolute atomic E-state index is 13.2.